The summed E-state index contributed by atoms with van der Waals surface area (Å²) in [6.45, 7) is 1.93. The second-order valence-corrected chi connectivity index (χ2v) is 5.96. The zero-order valence-corrected chi connectivity index (χ0v) is 12.3. The van der Waals surface area contributed by atoms with Crippen molar-refractivity contribution in [1.29, 1.82) is 0 Å². The fraction of sp³-hybridized carbons (Fsp3) is 0.800. The highest BCUT2D eigenvalue weighted by Crippen LogP contribution is 2.31. The van der Waals surface area contributed by atoms with Gasteiger partial charge >= 0.3 is 5.97 Å². The molecular formula is C15H24N2O4. The molecule has 2 aliphatic rings. The van der Waals surface area contributed by atoms with Gasteiger partial charge in [0, 0.05) is 26.1 Å². The number of carbonyl (C=O) groups excluding carboxylic acids is 2. The molecule has 0 radical (unpaired) electrons. The number of hydrogen-bond donors (Lipinski definition) is 2. The number of carboxylic acid groups (broad SMARTS) is 1. The Labute approximate surface area is 124 Å². The summed E-state index contributed by atoms with van der Waals surface area (Å²) in [5.74, 6) is -2.03. The molecule has 6 heteroatoms. The number of nitrogens with zero attached hydrogens (tertiary/aromatic N) is 1. The quantitative estimate of drug-likeness (QED) is 0.792. The molecule has 1 aliphatic heterocycles. The van der Waals surface area contributed by atoms with Gasteiger partial charge in [-0.3, -0.25) is 14.4 Å². The van der Waals surface area contributed by atoms with Gasteiger partial charge in [0.25, 0.3) is 0 Å². The van der Waals surface area contributed by atoms with Gasteiger partial charge in [-0.15, -0.1) is 0 Å². The fourth-order valence-corrected chi connectivity index (χ4v) is 3.29. The van der Waals surface area contributed by atoms with E-state index in [-0.39, 0.29) is 11.8 Å². The Hall–Kier alpha value is -1.59. The van der Waals surface area contributed by atoms with Crippen LogP contribution < -0.4 is 5.32 Å². The molecule has 118 valence electrons. The molecule has 2 rings (SSSR count). The van der Waals surface area contributed by atoms with E-state index in [1.807, 2.05) is 4.90 Å². The fourth-order valence-electron chi connectivity index (χ4n) is 3.29. The molecule has 1 aliphatic carbocycles. The van der Waals surface area contributed by atoms with Crippen molar-refractivity contribution in [2.24, 2.45) is 11.8 Å². The van der Waals surface area contributed by atoms with E-state index in [1.54, 1.807) is 0 Å². The van der Waals surface area contributed by atoms with Crippen molar-refractivity contribution in [1.82, 2.24) is 10.2 Å². The molecule has 0 aromatic rings. The van der Waals surface area contributed by atoms with Crippen LogP contribution in [-0.2, 0) is 14.4 Å². The van der Waals surface area contributed by atoms with Crippen molar-refractivity contribution in [3.05, 3.63) is 0 Å². The molecule has 2 atom stereocenters. The van der Waals surface area contributed by atoms with Gasteiger partial charge in [0.2, 0.25) is 11.8 Å². The van der Waals surface area contributed by atoms with Crippen LogP contribution in [-0.4, -0.2) is 47.4 Å². The number of carbonyl (C=O) groups is 3. The first-order valence-electron chi connectivity index (χ1n) is 7.88. The molecular weight excluding hydrogens is 272 g/mol. The van der Waals surface area contributed by atoms with E-state index in [0.717, 1.165) is 32.4 Å². The lowest BCUT2D eigenvalue weighted by molar-refractivity contribution is -0.146. The van der Waals surface area contributed by atoms with Crippen molar-refractivity contribution >= 4 is 17.8 Å². The lowest BCUT2D eigenvalue weighted by Gasteiger charge is -2.26. The van der Waals surface area contributed by atoms with Crippen LogP contribution in [0.15, 0.2) is 0 Å². The topological polar surface area (TPSA) is 86.7 Å². The maximum Gasteiger partial charge on any atom is 0.307 e. The third-order valence-electron chi connectivity index (χ3n) is 4.52. The summed E-state index contributed by atoms with van der Waals surface area (Å²) in [6.07, 6.45) is 5.57. The summed E-state index contributed by atoms with van der Waals surface area (Å²) < 4.78 is 0. The first-order chi connectivity index (χ1) is 10.1. The number of likely N-dealkylation sites (tertiary alicyclic amines) is 1. The second-order valence-electron chi connectivity index (χ2n) is 5.96. The predicted molar refractivity (Wildman–Crippen MR) is 76.5 cm³/mol. The summed E-state index contributed by atoms with van der Waals surface area (Å²) >= 11 is 0. The van der Waals surface area contributed by atoms with Crippen molar-refractivity contribution in [3.63, 3.8) is 0 Å². The molecule has 0 bridgehead atoms. The standard InChI is InChI=1S/C15H24N2O4/c18-13(17-9-2-1-3-10-17)7-8-16-14(19)11-5-4-6-12(11)15(20)21/h11-12H,1-10H2,(H,16,19)(H,20,21). The van der Waals surface area contributed by atoms with Crippen LogP contribution in [0.5, 0.6) is 0 Å². The Morgan fingerprint density at radius 3 is 2.33 bits per heavy atom. The highest BCUT2D eigenvalue weighted by Gasteiger charge is 2.37. The van der Waals surface area contributed by atoms with Crippen molar-refractivity contribution < 1.29 is 19.5 Å². The lowest BCUT2D eigenvalue weighted by atomic mass is 9.95. The lowest BCUT2D eigenvalue weighted by Crippen LogP contribution is -2.40. The Kier molecular flexibility index (Phi) is 5.59. The van der Waals surface area contributed by atoms with Gasteiger partial charge < -0.3 is 15.3 Å². The second kappa shape index (κ2) is 7.43. The minimum absolute atomic E-state index is 0.0798. The van der Waals surface area contributed by atoms with Crippen LogP contribution in [0.25, 0.3) is 0 Å². The zero-order valence-electron chi connectivity index (χ0n) is 12.3. The van der Waals surface area contributed by atoms with Crippen LogP contribution in [0, 0.1) is 11.8 Å². The number of amides is 2. The average molecular weight is 296 g/mol. The van der Waals surface area contributed by atoms with E-state index < -0.39 is 17.8 Å². The first kappa shape index (κ1) is 15.8. The number of rotatable bonds is 5. The molecule has 1 saturated heterocycles. The van der Waals surface area contributed by atoms with Gasteiger partial charge in [0.15, 0.2) is 0 Å². The molecule has 1 saturated carbocycles. The van der Waals surface area contributed by atoms with Crippen LogP contribution in [0.1, 0.15) is 44.9 Å². The SMILES string of the molecule is O=C(O)C1CCCC1C(=O)NCCC(=O)N1CCCCC1. The van der Waals surface area contributed by atoms with Crippen LogP contribution >= 0.6 is 0 Å². The van der Waals surface area contributed by atoms with Crippen molar-refractivity contribution in [2.75, 3.05) is 19.6 Å². The highest BCUT2D eigenvalue weighted by molar-refractivity contribution is 5.85. The molecule has 2 fully saturated rings. The summed E-state index contributed by atoms with van der Waals surface area (Å²) in [7, 11) is 0. The number of hydrogen-bond acceptors (Lipinski definition) is 3. The number of nitrogens with one attached hydrogen (secondary N) is 1. The molecule has 2 unspecified atom stereocenters. The first-order valence-corrected chi connectivity index (χ1v) is 7.88. The Balaban J connectivity index is 1.71. The smallest absolute Gasteiger partial charge is 0.307 e. The number of carboxylic acids is 1. The molecule has 0 spiro atoms. The molecule has 6 nitrogen and oxygen atoms in total. The zero-order chi connectivity index (χ0) is 15.2. The van der Waals surface area contributed by atoms with E-state index in [1.165, 1.54) is 6.42 Å². The Morgan fingerprint density at radius 2 is 1.67 bits per heavy atom. The Morgan fingerprint density at radius 1 is 1.00 bits per heavy atom. The number of piperidine rings is 1. The normalized spacial score (nSPS) is 25.6. The summed E-state index contributed by atoms with van der Waals surface area (Å²) in [5.41, 5.74) is 0. The Bertz CT molecular complexity index is 404. The molecule has 1 heterocycles. The van der Waals surface area contributed by atoms with Gasteiger partial charge in [0.05, 0.1) is 11.8 Å². The van der Waals surface area contributed by atoms with E-state index in [0.29, 0.717) is 25.8 Å². The maximum atomic E-state index is 12.0. The van der Waals surface area contributed by atoms with Gasteiger partial charge in [0.1, 0.15) is 0 Å². The third-order valence-corrected chi connectivity index (χ3v) is 4.52. The highest BCUT2D eigenvalue weighted by atomic mass is 16.4. The summed E-state index contributed by atoms with van der Waals surface area (Å²) in [4.78, 5) is 36.9. The van der Waals surface area contributed by atoms with E-state index in [2.05, 4.69) is 5.32 Å². The molecule has 2 amide bonds. The van der Waals surface area contributed by atoms with Gasteiger partial charge in [-0.1, -0.05) is 6.42 Å². The van der Waals surface area contributed by atoms with Crippen LogP contribution in [0.4, 0.5) is 0 Å². The average Bonchev–Trinajstić information content (AvgIpc) is 2.97. The summed E-state index contributed by atoms with van der Waals surface area (Å²) in [6, 6.07) is 0. The third kappa shape index (κ3) is 4.19. The van der Waals surface area contributed by atoms with Gasteiger partial charge in [-0.2, -0.15) is 0 Å². The monoisotopic (exact) mass is 296 g/mol. The maximum absolute atomic E-state index is 12.0. The predicted octanol–water partition coefficient (Wildman–Crippen LogP) is 1.01. The van der Waals surface area contributed by atoms with Gasteiger partial charge in [-0.05, 0) is 32.1 Å². The molecule has 21 heavy (non-hydrogen) atoms. The molecule has 0 aromatic heterocycles. The number of aliphatic carboxylic acids is 1. The minimum atomic E-state index is -0.892. The summed E-state index contributed by atoms with van der Waals surface area (Å²) in [5, 5.41) is 11.8. The van der Waals surface area contributed by atoms with E-state index in [9.17, 15) is 14.4 Å². The van der Waals surface area contributed by atoms with Crippen molar-refractivity contribution in [3.8, 4) is 0 Å². The van der Waals surface area contributed by atoms with Crippen LogP contribution in [0.2, 0.25) is 0 Å². The van der Waals surface area contributed by atoms with E-state index in [4.69, 9.17) is 5.11 Å². The minimum Gasteiger partial charge on any atom is -0.481 e. The molecule has 0 aromatic carbocycles. The van der Waals surface area contributed by atoms with Gasteiger partial charge in [-0.25, -0.2) is 0 Å². The van der Waals surface area contributed by atoms with E-state index >= 15 is 0 Å². The largest absolute Gasteiger partial charge is 0.481 e. The van der Waals surface area contributed by atoms with Crippen molar-refractivity contribution in [2.45, 2.75) is 44.9 Å². The van der Waals surface area contributed by atoms with Crippen LogP contribution in [0.3, 0.4) is 0 Å². The molecule has 2 N–H and O–H groups in total.